The number of nitrogens with zero attached hydrogens (tertiary/aromatic N) is 2. The number of aromatic nitrogens is 2. The van der Waals surface area contributed by atoms with E-state index in [0.29, 0.717) is 17.9 Å². The second kappa shape index (κ2) is 6.24. The number of carbonyl (C=O) groups is 1. The Labute approximate surface area is 125 Å². The molecule has 0 amide bonds. The molecule has 0 saturated carbocycles. The molecule has 0 aliphatic heterocycles. The molecule has 2 rings (SSSR count). The first-order valence-corrected chi connectivity index (χ1v) is 6.71. The first kappa shape index (κ1) is 14.8. The lowest BCUT2D eigenvalue weighted by molar-refractivity contribution is -0.142. The monoisotopic (exact) mass is 314 g/mol. The molecule has 106 valence electrons. The van der Waals surface area contributed by atoms with E-state index in [1.807, 2.05) is 6.92 Å². The van der Waals surface area contributed by atoms with Crippen LogP contribution in [0.1, 0.15) is 18.2 Å². The number of hydrogen-bond donors (Lipinski definition) is 0. The molecule has 2 aromatic rings. The van der Waals surface area contributed by atoms with Crippen molar-refractivity contribution in [3.05, 3.63) is 33.8 Å². The Kier molecular flexibility index (Phi) is 4.62. The average molecular weight is 315 g/mol. The van der Waals surface area contributed by atoms with Crippen molar-refractivity contribution in [2.75, 3.05) is 6.61 Å². The summed E-state index contributed by atoms with van der Waals surface area (Å²) >= 11 is 12.1. The Morgan fingerprint density at radius 1 is 1.30 bits per heavy atom. The summed E-state index contributed by atoms with van der Waals surface area (Å²) in [7, 11) is 0. The molecule has 0 N–H and O–H groups in total. The third-order valence-corrected chi connectivity index (χ3v) is 3.12. The quantitative estimate of drug-likeness (QED) is 0.638. The van der Waals surface area contributed by atoms with E-state index in [2.05, 4.69) is 9.97 Å². The Morgan fingerprint density at radius 2 is 1.95 bits per heavy atom. The Morgan fingerprint density at radius 3 is 2.45 bits per heavy atom. The van der Waals surface area contributed by atoms with Gasteiger partial charge >= 0.3 is 5.97 Å². The first-order valence-electron chi connectivity index (χ1n) is 5.95. The van der Waals surface area contributed by atoms with Gasteiger partial charge < -0.3 is 9.15 Å². The maximum absolute atomic E-state index is 11.5. The van der Waals surface area contributed by atoms with Crippen molar-refractivity contribution in [2.45, 2.75) is 20.3 Å². The smallest absolute Gasteiger partial charge is 0.310 e. The molecule has 0 fully saturated rings. The lowest BCUT2D eigenvalue weighted by Crippen LogP contribution is -2.09. The van der Waals surface area contributed by atoms with Gasteiger partial charge in [-0.3, -0.25) is 4.79 Å². The van der Waals surface area contributed by atoms with Gasteiger partial charge in [0.1, 0.15) is 16.1 Å². The van der Waals surface area contributed by atoms with E-state index in [0.717, 1.165) is 5.76 Å². The van der Waals surface area contributed by atoms with Gasteiger partial charge in [0.05, 0.1) is 13.0 Å². The number of aryl methyl sites for hydroxylation is 1. The van der Waals surface area contributed by atoms with E-state index >= 15 is 0 Å². The summed E-state index contributed by atoms with van der Waals surface area (Å²) in [6.07, 6.45) is -0.0665. The topological polar surface area (TPSA) is 65.2 Å². The maximum Gasteiger partial charge on any atom is 0.310 e. The molecular formula is C13H12Cl2N2O3. The van der Waals surface area contributed by atoms with E-state index < -0.39 is 5.97 Å². The zero-order chi connectivity index (χ0) is 14.7. The van der Waals surface area contributed by atoms with Gasteiger partial charge in [0.2, 0.25) is 0 Å². The highest BCUT2D eigenvalue weighted by Crippen LogP contribution is 2.27. The van der Waals surface area contributed by atoms with Crippen LogP contribution in [-0.4, -0.2) is 22.5 Å². The van der Waals surface area contributed by atoms with Crippen molar-refractivity contribution in [2.24, 2.45) is 0 Å². The zero-order valence-corrected chi connectivity index (χ0v) is 12.5. The van der Waals surface area contributed by atoms with Crippen molar-refractivity contribution in [3.63, 3.8) is 0 Å². The van der Waals surface area contributed by atoms with Gasteiger partial charge in [0, 0.05) is 5.56 Å². The number of carbonyl (C=O) groups excluding carboxylic acids is 1. The van der Waals surface area contributed by atoms with Crippen LogP contribution in [0.5, 0.6) is 0 Å². The molecule has 0 aliphatic rings. The molecule has 0 atom stereocenters. The van der Waals surface area contributed by atoms with Crippen molar-refractivity contribution < 1.29 is 13.9 Å². The first-order chi connectivity index (χ1) is 9.51. The molecular weight excluding hydrogens is 303 g/mol. The molecule has 2 heterocycles. The number of ether oxygens (including phenoxy) is 1. The molecule has 5 nitrogen and oxygen atoms in total. The molecule has 0 radical (unpaired) electrons. The average Bonchev–Trinajstić information content (AvgIpc) is 2.80. The predicted molar refractivity (Wildman–Crippen MR) is 74.8 cm³/mol. The molecule has 0 aliphatic carbocycles. The fraction of sp³-hybridized carbons (Fsp3) is 0.308. The molecule has 7 heteroatoms. The summed E-state index contributed by atoms with van der Waals surface area (Å²) in [5, 5.41) is 0.226. The van der Waals surface area contributed by atoms with Crippen LogP contribution >= 0.6 is 23.2 Å². The van der Waals surface area contributed by atoms with Gasteiger partial charge in [-0.2, -0.15) is 0 Å². The molecule has 0 bridgehead atoms. The summed E-state index contributed by atoms with van der Waals surface area (Å²) in [5.74, 6) is 1.04. The minimum atomic E-state index is -0.429. The van der Waals surface area contributed by atoms with Crippen LogP contribution in [0.4, 0.5) is 0 Å². The zero-order valence-electron chi connectivity index (χ0n) is 10.9. The highest BCUT2D eigenvalue weighted by Gasteiger charge is 2.17. The molecule has 0 spiro atoms. The third kappa shape index (κ3) is 3.29. The Balaban J connectivity index is 2.31. The third-order valence-electron chi connectivity index (χ3n) is 2.49. The predicted octanol–water partition coefficient (Wildman–Crippen LogP) is 3.46. The lowest BCUT2D eigenvalue weighted by atomic mass is 10.2. The Hall–Kier alpha value is -1.59. The standard InChI is InChI=1S/C13H12Cl2N2O3/c1-3-19-10(18)6-8-11(14)16-13(17-12(8)15)9-5-4-7(2)20-9/h4-5H,3,6H2,1-2H3. The van der Waals surface area contributed by atoms with Crippen LogP contribution in [0.2, 0.25) is 10.3 Å². The lowest BCUT2D eigenvalue weighted by Gasteiger charge is -2.07. The number of furan rings is 1. The Bertz CT molecular complexity index is 617. The van der Waals surface area contributed by atoms with Crippen LogP contribution in [0.15, 0.2) is 16.5 Å². The number of hydrogen-bond acceptors (Lipinski definition) is 5. The van der Waals surface area contributed by atoms with Gasteiger partial charge in [0.25, 0.3) is 0 Å². The van der Waals surface area contributed by atoms with Crippen molar-refractivity contribution in [1.29, 1.82) is 0 Å². The number of esters is 1. The van der Waals surface area contributed by atoms with Crippen LogP contribution in [-0.2, 0) is 16.0 Å². The SMILES string of the molecule is CCOC(=O)Cc1c(Cl)nc(-c2ccc(C)o2)nc1Cl. The molecule has 2 aromatic heterocycles. The molecule has 0 aromatic carbocycles. The number of halogens is 2. The van der Waals surface area contributed by atoms with E-state index in [1.165, 1.54) is 0 Å². The van der Waals surface area contributed by atoms with E-state index in [4.69, 9.17) is 32.4 Å². The van der Waals surface area contributed by atoms with E-state index in [9.17, 15) is 4.79 Å². The minimum Gasteiger partial charge on any atom is -0.466 e. The van der Waals surface area contributed by atoms with Gasteiger partial charge in [-0.05, 0) is 26.0 Å². The van der Waals surface area contributed by atoms with Gasteiger partial charge in [-0.1, -0.05) is 23.2 Å². The maximum atomic E-state index is 11.5. The van der Waals surface area contributed by atoms with Crippen molar-refractivity contribution in [3.8, 4) is 11.6 Å². The summed E-state index contributed by atoms with van der Waals surface area (Å²) < 4.78 is 10.2. The molecule has 0 saturated heterocycles. The van der Waals surface area contributed by atoms with E-state index in [1.54, 1.807) is 19.1 Å². The molecule has 0 unspecified atom stereocenters. The summed E-state index contributed by atoms with van der Waals surface area (Å²) in [4.78, 5) is 19.7. The molecule has 20 heavy (non-hydrogen) atoms. The fourth-order valence-corrected chi connectivity index (χ4v) is 2.12. The second-order valence-corrected chi connectivity index (χ2v) is 4.72. The normalized spacial score (nSPS) is 10.6. The summed E-state index contributed by atoms with van der Waals surface area (Å²) in [6.45, 7) is 3.82. The van der Waals surface area contributed by atoms with Gasteiger partial charge in [-0.25, -0.2) is 9.97 Å². The van der Waals surface area contributed by atoms with Crippen LogP contribution in [0.3, 0.4) is 0 Å². The summed E-state index contributed by atoms with van der Waals surface area (Å²) in [5.41, 5.74) is 0.346. The van der Waals surface area contributed by atoms with Crippen molar-refractivity contribution >= 4 is 29.2 Å². The van der Waals surface area contributed by atoms with Crippen molar-refractivity contribution in [1.82, 2.24) is 9.97 Å². The van der Waals surface area contributed by atoms with E-state index in [-0.39, 0.29) is 22.6 Å². The summed E-state index contributed by atoms with van der Waals surface area (Å²) in [6, 6.07) is 3.51. The fourth-order valence-electron chi connectivity index (χ4n) is 1.60. The highest BCUT2D eigenvalue weighted by molar-refractivity contribution is 6.35. The van der Waals surface area contributed by atoms with Crippen LogP contribution in [0.25, 0.3) is 11.6 Å². The van der Waals surface area contributed by atoms with Gasteiger partial charge in [0.15, 0.2) is 11.6 Å². The van der Waals surface area contributed by atoms with Gasteiger partial charge in [-0.15, -0.1) is 0 Å². The highest BCUT2D eigenvalue weighted by atomic mass is 35.5. The largest absolute Gasteiger partial charge is 0.466 e. The van der Waals surface area contributed by atoms with Crippen LogP contribution < -0.4 is 0 Å². The number of rotatable bonds is 4. The van der Waals surface area contributed by atoms with Crippen LogP contribution in [0, 0.1) is 6.92 Å². The minimum absolute atomic E-state index is 0.0665. The second-order valence-electron chi connectivity index (χ2n) is 4.00.